The number of hydrogen-bond donors (Lipinski definition) is 0. The first-order chi connectivity index (χ1) is 4.34. The normalized spacial score (nSPS) is 19.2. The summed E-state index contributed by atoms with van der Waals surface area (Å²) in [5.74, 6) is 0.964. The van der Waals surface area contributed by atoms with Crippen molar-refractivity contribution >= 4 is 32.9 Å². The van der Waals surface area contributed by atoms with Crippen molar-refractivity contribution in [3.63, 3.8) is 0 Å². The molecule has 0 aromatic rings. The second kappa shape index (κ2) is 3.46. The lowest BCUT2D eigenvalue weighted by molar-refractivity contribution is 0.233. The summed E-state index contributed by atoms with van der Waals surface area (Å²) in [6.45, 7) is 1.78. The first kappa shape index (κ1) is 7.41. The standard InChI is InChI=1S/C5H8BrNOS/c6-1-2-7-3-4-9-5(7)8/h1-4H2. The van der Waals surface area contributed by atoms with Gasteiger partial charge in [-0.3, -0.25) is 4.79 Å². The Labute approximate surface area is 67.1 Å². The van der Waals surface area contributed by atoms with Gasteiger partial charge in [-0.25, -0.2) is 0 Å². The lowest BCUT2D eigenvalue weighted by Gasteiger charge is -2.10. The summed E-state index contributed by atoms with van der Waals surface area (Å²) in [6, 6.07) is 0. The van der Waals surface area contributed by atoms with Crippen LogP contribution in [0.4, 0.5) is 4.79 Å². The van der Waals surface area contributed by atoms with Gasteiger partial charge in [-0.05, 0) is 0 Å². The molecule has 0 radical (unpaired) electrons. The lowest BCUT2D eigenvalue weighted by atomic mass is 10.6. The highest BCUT2D eigenvalue weighted by Gasteiger charge is 2.19. The molecule has 0 aromatic heterocycles. The third-order valence-electron chi connectivity index (χ3n) is 1.20. The highest BCUT2D eigenvalue weighted by molar-refractivity contribution is 9.09. The average Bonchev–Trinajstić information content (AvgIpc) is 2.18. The average molecular weight is 210 g/mol. The summed E-state index contributed by atoms with van der Waals surface area (Å²) in [7, 11) is 0. The molecule has 0 N–H and O–H groups in total. The van der Waals surface area contributed by atoms with Gasteiger partial charge in [0.1, 0.15) is 0 Å². The fourth-order valence-electron chi connectivity index (χ4n) is 0.731. The summed E-state index contributed by atoms with van der Waals surface area (Å²) in [4.78, 5) is 12.7. The summed E-state index contributed by atoms with van der Waals surface area (Å²) in [5, 5.41) is 1.12. The van der Waals surface area contributed by atoms with Gasteiger partial charge in [-0.2, -0.15) is 0 Å². The quantitative estimate of drug-likeness (QED) is 0.644. The van der Waals surface area contributed by atoms with Crippen LogP contribution >= 0.6 is 27.7 Å². The molecule has 4 heteroatoms. The summed E-state index contributed by atoms with van der Waals surface area (Å²) < 4.78 is 0. The van der Waals surface area contributed by atoms with Gasteiger partial charge in [-0.15, -0.1) is 0 Å². The van der Waals surface area contributed by atoms with Crippen molar-refractivity contribution in [2.24, 2.45) is 0 Å². The molecule has 1 saturated heterocycles. The van der Waals surface area contributed by atoms with E-state index < -0.39 is 0 Å². The zero-order chi connectivity index (χ0) is 6.69. The van der Waals surface area contributed by atoms with Crippen LogP contribution in [-0.2, 0) is 0 Å². The number of alkyl halides is 1. The van der Waals surface area contributed by atoms with E-state index in [0.29, 0.717) is 0 Å². The van der Waals surface area contributed by atoms with E-state index >= 15 is 0 Å². The molecule has 1 rings (SSSR count). The third-order valence-corrected chi connectivity index (χ3v) is 2.45. The van der Waals surface area contributed by atoms with Crippen LogP contribution in [0.15, 0.2) is 0 Å². The fraction of sp³-hybridized carbons (Fsp3) is 0.800. The molecule has 1 amide bonds. The van der Waals surface area contributed by atoms with Crippen LogP contribution in [0.1, 0.15) is 0 Å². The van der Waals surface area contributed by atoms with Crippen LogP contribution in [0.2, 0.25) is 0 Å². The molecule has 0 spiro atoms. The van der Waals surface area contributed by atoms with E-state index in [9.17, 15) is 4.79 Å². The summed E-state index contributed by atoms with van der Waals surface area (Å²) >= 11 is 4.70. The number of thioether (sulfide) groups is 1. The van der Waals surface area contributed by atoms with Gasteiger partial charge in [0.15, 0.2) is 0 Å². The molecule has 0 aromatic carbocycles. The molecular weight excluding hydrogens is 202 g/mol. The van der Waals surface area contributed by atoms with Crippen LogP contribution in [0.5, 0.6) is 0 Å². The molecule has 0 unspecified atom stereocenters. The molecule has 1 aliphatic heterocycles. The van der Waals surface area contributed by atoms with Gasteiger partial charge >= 0.3 is 0 Å². The molecule has 52 valence electrons. The number of amides is 1. The molecule has 1 heterocycles. The van der Waals surface area contributed by atoms with Crippen LogP contribution in [0.3, 0.4) is 0 Å². The Morgan fingerprint density at radius 1 is 1.78 bits per heavy atom. The van der Waals surface area contributed by atoms with Crippen molar-refractivity contribution in [1.82, 2.24) is 4.90 Å². The van der Waals surface area contributed by atoms with Gasteiger partial charge in [0.05, 0.1) is 0 Å². The maximum Gasteiger partial charge on any atom is 0.281 e. The monoisotopic (exact) mass is 209 g/mol. The maximum absolute atomic E-state index is 10.8. The Morgan fingerprint density at radius 2 is 2.56 bits per heavy atom. The van der Waals surface area contributed by atoms with Crippen molar-refractivity contribution < 1.29 is 4.79 Å². The number of carbonyl (C=O) groups is 1. The van der Waals surface area contributed by atoms with Crippen molar-refractivity contribution in [2.45, 2.75) is 0 Å². The summed E-state index contributed by atoms with van der Waals surface area (Å²) in [6.07, 6.45) is 0. The van der Waals surface area contributed by atoms with E-state index in [-0.39, 0.29) is 5.24 Å². The Hall–Kier alpha value is 0.300. The largest absolute Gasteiger partial charge is 0.332 e. The van der Waals surface area contributed by atoms with E-state index in [1.807, 2.05) is 4.90 Å². The summed E-state index contributed by atoms with van der Waals surface area (Å²) in [5.41, 5.74) is 0. The Morgan fingerprint density at radius 3 is 3.00 bits per heavy atom. The van der Waals surface area contributed by atoms with E-state index in [0.717, 1.165) is 24.2 Å². The minimum absolute atomic E-state index is 0.231. The molecule has 9 heavy (non-hydrogen) atoms. The van der Waals surface area contributed by atoms with Gasteiger partial charge in [0.2, 0.25) is 0 Å². The predicted octanol–water partition coefficient (Wildman–Crippen LogP) is 1.55. The van der Waals surface area contributed by atoms with E-state index in [2.05, 4.69) is 15.9 Å². The number of rotatable bonds is 2. The van der Waals surface area contributed by atoms with E-state index in [1.54, 1.807) is 0 Å². The number of nitrogens with zero attached hydrogens (tertiary/aromatic N) is 1. The Balaban J connectivity index is 2.31. The highest BCUT2D eigenvalue weighted by atomic mass is 79.9. The van der Waals surface area contributed by atoms with E-state index in [4.69, 9.17) is 0 Å². The first-order valence-electron chi connectivity index (χ1n) is 2.82. The van der Waals surface area contributed by atoms with Crippen LogP contribution in [-0.4, -0.2) is 34.3 Å². The highest BCUT2D eigenvalue weighted by Crippen LogP contribution is 2.16. The molecular formula is C5H8BrNOS. The van der Waals surface area contributed by atoms with Crippen LogP contribution < -0.4 is 0 Å². The molecule has 2 nitrogen and oxygen atoms in total. The zero-order valence-corrected chi connectivity index (χ0v) is 7.37. The molecule has 0 aliphatic carbocycles. The molecule has 0 saturated carbocycles. The second-order valence-electron chi connectivity index (χ2n) is 1.79. The predicted molar refractivity (Wildman–Crippen MR) is 43.2 cm³/mol. The Kier molecular flexibility index (Phi) is 2.85. The molecule has 1 aliphatic rings. The molecule has 1 fully saturated rings. The van der Waals surface area contributed by atoms with Gasteiger partial charge in [-0.1, -0.05) is 27.7 Å². The van der Waals surface area contributed by atoms with Crippen molar-refractivity contribution in [3.05, 3.63) is 0 Å². The minimum Gasteiger partial charge on any atom is -0.332 e. The van der Waals surface area contributed by atoms with Crippen LogP contribution in [0.25, 0.3) is 0 Å². The lowest BCUT2D eigenvalue weighted by Crippen LogP contribution is -2.24. The van der Waals surface area contributed by atoms with Gasteiger partial charge in [0, 0.05) is 24.2 Å². The molecule has 0 bridgehead atoms. The van der Waals surface area contributed by atoms with Gasteiger partial charge in [0.25, 0.3) is 5.24 Å². The van der Waals surface area contributed by atoms with Crippen molar-refractivity contribution in [1.29, 1.82) is 0 Å². The molecule has 0 atom stereocenters. The zero-order valence-electron chi connectivity index (χ0n) is 4.97. The van der Waals surface area contributed by atoms with Gasteiger partial charge < -0.3 is 4.90 Å². The number of hydrogen-bond acceptors (Lipinski definition) is 2. The van der Waals surface area contributed by atoms with E-state index in [1.165, 1.54) is 11.8 Å². The first-order valence-corrected chi connectivity index (χ1v) is 4.93. The fourth-order valence-corrected chi connectivity index (χ4v) is 2.01. The maximum atomic E-state index is 10.8. The topological polar surface area (TPSA) is 20.3 Å². The van der Waals surface area contributed by atoms with Crippen molar-refractivity contribution in [3.8, 4) is 0 Å². The minimum atomic E-state index is 0.231. The Bertz CT molecular complexity index is 120. The smallest absolute Gasteiger partial charge is 0.281 e. The third kappa shape index (κ3) is 1.86. The van der Waals surface area contributed by atoms with Crippen molar-refractivity contribution in [2.75, 3.05) is 24.2 Å². The SMILES string of the molecule is O=C1SCCN1CCBr. The van der Waals surface area contributed by atoms with Crippen LogP contribution in [0, 0.1) is 0 Å². The second-order valence-corrected chi connectivity index (χ2v) is 3.63. The number of carbonyl (C=O) groups excluding carboxylic acids is 1. The number of halogens is 1.